The molecule has 10 nitrogen and oxygen atoms in total. The maximum atomic E-state index is 13.0. The Hall–Kier alpha value is -4.25. The second-order valence-corrected chi connectivity index (χ2v) is 9.20. The Kier molecular flexibility index (Phi) is 7.30. The van der Waals surface area contributed by atoms with Gasteiger partial charge < -0.3 is 23.7 Å². The third kappa shape index (κ3) is 5.36. The number of anilines is 1. The average molecular weight is 514 g/mol. The number of carbonyl (C=O) groups excluding carboxylic acids is 2. The number of nitrogens with one attached hydrogen (secondary N) is 1. The first-order chi connectivity index (χ1) is 17.3. The number of fused-ring (bicyclic) bond motifs is 1. The molecule has 188 valence electrons. The molecule has 0 amide bonds. The van der Waals surface area contributed by atoms with Crippen molar-refractivity contribution >= 4 is 27.5 Å². The molecule has 0 unspecified atom stereocenters. The van der Waals surface area contributed by atoms with E-state index in [4.69, 9.17) is 23.7 Å². The van der Waals surface area contributed by atoms with E-state index in [0.717, 1.165) is 0 Å². The van der Waals surface area contributed by atoms with Crippen LogP contribution in [0.1, 0.15) is 20.7 Å². The Morgan fingerprint density at radius 2 is 1.64 bits per heavy atom. The molecule has 11 heteroatoms. The van der Waals surface area contributed by atoms with Crippen LogP contribution in [0, 0.1) is 0 Å². The number of hydrogen-bond acceptors (Lipinski definition) is 9. The Morgan fingerprint density at radius 1 is 0.889 bits per heavy atom. The predicted molar refractivity (Wildman–Crippen MR) is 129 cm³/mol. The van der Waals surface area contributed by atoms with Gasteiger partial charge in [0.05, 0.1) is 35.9 Å². The van der Waals surface area contributed by atoms with E-state index in [1.807, 2.05) is 0 Å². The first-order valence-electron chi connectivity index (χ1n) is 10.8. The number of ether oxygens (including phenoxy) is 5. The summed E-state index contributed by atoms with van der Waals surface area (Å²) >= 11 is 0. The molecule has 0 radical (unpaired) electrons. The highest BCUT2D eigenvalue weighted by Gasteiger charge is 2.23. The lowest BCUT2D eigenvalue weighted by molar-refractivity contribution is 0.0475. The monoisotopic (exact) mass is 513 g/mol. The number of sulfonamides is 1. The van der Waals surface area contributed by atoms with Crippen LogP contribution in [0.2, 0.25) is 0 Å². The molecule has 3 aromatic carbocycles. The SMILES string of the molecule is COc1ccc(C(=O)COC(=O)c2ccccc2NS(=O)(=O)c2ccc3c(c2)OCCO3)c(OC)c1. The standard InChI is InChI=1S/C25H23NO9S/c1-31-16-7-9-19(23(13-16)32-2)21(27)15-35-25(28)18-5-3-4-6-20(18)26-36(29,30)17-8-10-22-24(14-17)34-12-11-33-22/h3-10,13-14,26H,11-12,15H2,1-2H3. The first kappa shape index (κ1) is 24.9. The van der Waals surface area contributed by atoms with Crippen molar-refractivity contribution in [3.8, 4) is 23.0 Å². The number of para-hydroxylation sites is 1. The summed E-state index contributed by atoms with van der Waals surface area (Å²) in [6.45, 7) is 0.102. The van der Waals surface area contributed by atoms with Gasteiger partial charge >= 0.3 is 5.97 Å². The van der Waals surface area contributed by atoms with Crippen molar-refractivity contribution in [1.82, 2.24) is 0 Å². The summed E-state index contributed by atoms with van der Waals surface area (Å²) in [5, 5.41) is 0. The Bertz CT molecular complexity index is 1400. The summed E-state index contributed by atoms with van der Waals surface area (Å²) in [5.74, 6) is 0.141. The summed E-state index contributed by atoms with van der Waals surface area (Å²) in [4.78, 5) is 25.3. The maximum absolute atomic E-state index is 13.0. The fourth-order valence-electron chi connectivity index (χ4n) is 3.46. The zero-order valence-corrected chi connectivity index (χ0v) is 20.3. The zero-order chi connectivity index (χ0) is 25.7. The highest BCUT2D eigenvalue weighted by molar-refractivity contribution is 7.92. The van der Waals surface area contributed by atoms with Gasteiger partial charge in [-0.25, -0.2) is 13.2 Å². The van der Waals surface area contributed by atoms with Gasteiger partial charge in [0.25, 0.3) is 10.0 Å². The normalized spacial score (nSPS) is 12.4. The molecule has 0 atom stereocenters. The Morgan fingerprint density at radius 3 is 2.39 bits per heavy atom. The number of esters is 1. The number of rotatable bonds is 9. The van der Waals surface area contributed by atoms with Gasteiger partial charge in [0.1, 0.15) is 24.7 Å². The first-order valence-corrected chi connectivity index (χ1v) is 12.2. The lowest BCUT2D eigenvalue weighted by Gasteiger charge is -2.19. The quantitative estimate of drug-likeness (QED) is 0.339. The largest absolute Gasteiger partial charge is 0.497 e. The Labute approximate surface area is 207 Å². The summed E-state index contributed by atoms with van der Waals surface area (Å²) in [6, 6.07) is 14.8. The van der Waals surface area contributed by atoms with Gasteiger partial charge in [-0.2, -0.15) is 0 Å². The minimum atomic E-state index is -4.08. The Balaban J connectivity index is 1.49. The van der Waals surface area contributed by atoms with E-state index in [0.29, 0.717) is 30.5 Å². The number of methoxy groups -OCH3 is 2. The van der Waals surface area contributed by atoms with Gasteiger partial charge in [-0.1, -0.05) is 12.1 Å². The molecule has 0 spiro atoms. The van der Waals surface area contributed by atoms with Crippen LogP contribution in [0.5, 0.6) is 23.0 Å². The van der Waals surface area contributed by atoms with E-state index >= 15 is 0 Å². The van der Waals surface area contributed by atoms with Crippen molar-refractivity contribution in [3.63, 3.8) is 0 Å². The second-order valence-electron chi connectivity index (χ2n) is 7.52. The van der Waals surface area contributed by atoms with Crippen LogP contribution in [0.15, 0.2) is 65.6 Å². The summed E-state index contributed by atoms with van der Waals surface area (Å²) in [6.07, 6.45) is 0. The molecule has 3 aromatic rings. The van der Waals surface area contributed by atoms with Crippen LogP contribution in [-0.4, -0.2) is 54.2 Å². The molecule has 0 bridgehead atoms. The molecule has 1 aliphatic heterocycles. The van der Waals surface area contributed by atoms with Crippen molar-refractivity contribution < 1.29 is 41.7 Å². The van der Waals surface area contributed by atoms with E-state index in [1.165, 1.54) is 56.7 Å². The zero-order valence-electron chi connectivity index (χ0n) is 19.5. The molecule has 1 heterocycles. The van der Waals surface area contributed by atoms with Crippen molar-refractivity contribution in [3.05, 3.63) is 71.8 Å². The van der Waals surface area contributed by atoms with E-state index in [-0.39, 0.29) is 27.5 Å². The third-order valence-electron chi connectivity index (χ3n) is 5.26. The van der Waals surface area contributed by atoms with E-state index in [2.05, 4.69) is 4.72 Å². The molecule has 0 aliphatic carbocycles. The average Bonchev–Trinajstić information content (AvgIpc) is 2.90. The number of ketones is 1. The van der Waals surface area contributed by atoms with E-state index in [9.17, 15) is 18.0 Å². The minimum absolute atomic E-state index is 0.00753. The molecule has 4 rings (SSSR count). The molecular weight excluding hydrogens is 490 g/mol. The van der Waals surface area contributed by atoms with Gasteiger partial charge in [-0.05, 0) is 36.4 Å². The molecule has 1 aliphatic rings. The molecule has 0 fully saturated rings. The summed E-state index contributed by atoms with van der Waals surface area (Å²) in [5.41, 5.74) is 0.138. The molecule has 36 heavy (non-hydrogen) atoms. The lowest BCUT2D eigenvalue weighted by Crippen LogP contribution is -2.19. The van der Waals surface area contributed by atoms with Crippen LogP contribution >= 0.6 is 0 Å². The molecule has 0 aromatic heterocycles. The van der Waals surface area contributed by atoms with Crippen molar-refractivity contribution in [2.45, 2.75) is 4.90 Å². The maximum Gasteiger partial charge on any atom is 0.340 e. The van der Waals surface area contributed by atoms with Crippen LogP contribution in [-0.2, 0) is 14.8 Å². The van der Waals surface area contributed by atoms with E-state index < -0.39 is 28.4 Å². The van der Waals surface area contributed by atoms with Crippen LogP contribution in [0.4, 0.5) is 5.69 Å². The fourth-order valence-corrected chi connectivity index (χ4v) is 4.55. The van der Waals surface area contributed by atoms with Crippen LogP contribution in [0.3, 0.4) is 0 Å². The molecule has 1 N–H and O–H groups in total. The fraction of sp³-hybridized carbons (Fsp3) is 0.200. The molecular formula is C25H23NO9S. The number of carbonyl (C=O) groups is 2. The van der Waals surface area contributed by atoms with Gasteiger partial charge in [0.15, 0.2) is 18.1 Å². The summed E-state index contributed by atoms with van der Waals surface area (Å²) in [7, 11) is -1.19. The highest BCUT2D eigenvalue weighted by Crippen LogP contribution is 2.33. The summed E-state index contributed by atoms with van der Waals surface area (Å²) < 4.78 is 54.8. The topological polar surface area (TPSA) is 126 Å². The number of benzene rings is 3. The lowest BCUT2D eigenvalue weighted by atomic mass is 10.1. The third-order valence-corrected chi connectivity index (χ3v) is 6.62. The molecule has 0 saturated carbocycles. The molecule has 0 saturated heterocycles. The smallest absolute Gasteiger partial charge is 0.340 e. The van der Waals surface area contributed by atoms with Crippen LogP contribution in [0.25, 0.3) is 0 Å². The van der Waals surface area contributed by atoms with Crippen LogP contribution < -0.4 is 23.7 Å². The second kappa shape index (κ2) is 10.6. The van der Waals surface area contributed by atoms with E-state index in [1.54, 1.807) is 18.2 Å². The minimum Gasteiger partial charge on any atom is -0.497 e. The number of Topliss-reactive ketones (excluding diaryl/α,β-unsaturated/α-hetero) is 1. The van der Waals surface area contributed by atoms with Gasteiger partial charge in [-0.3, -0.25) is 9.52 Å². The van der Waals surface area contributed by atoms with Crippen molar-refractivity contribution in [2.75, 3.05) is 38.8 Å². The van der Waals surface area contributed by atoms with Gasteiger partial charge in [0.2, 0.25) is 5.78 Å². The number of hydrogen-bond donors (Lipinski definition) is 1. The van der Waals surface area contributed by atoms with Crippen molar-refractivity contribution in [1.29, 1.82) is 0 Å². The van der Waals surface area contributed by atoms with Gasteiger partial charge in [0, 0.05) is 12.1 Å². The van der Waals surface area contributed by atoms with Gasteiger partial charge in [-0.15, -0.1) is 0 Å². The van der Waals surface area contributed by atoms with Crippen molar-refractivity contribution in [2.24, 2.45) is 0 Å². The predicted octanol–water partition coefficient (Wildman–Crippen LogP) is 3.32. The highest BCUT2D eigenvalue weighted by atomic mass is 32.2.